The van der Waals surface area contributed by atoms with Crippen molar-refractivity contribution in [2.24, 2.45) is 11.8 Å². The normalized spacial score (nSPS) is 19.5. The topological polar surface area (TPSA) is 89.0 Å². The summed E-state index contributed by atoms with van der Waals surface area (Å²) in [5.41, 5.74) is -0.124. The van der Waals surface area contributed by atoms with Crippen LogP contribution >= 0.6 is 0 Å². The van der Waals surface area contributed by atoms with Crippen LogP contribution in [0.25, 0.3) is 0 Å². The number of carbonyl (C=O) groups is 2. The van der Waals surface area contributed by atoms with Gasteiger partial charge in [0, 0.05) is 25.3 Å². The maximum atomic E-state index is 12.2. The maximum Gasteiger partial charge on any atom is 0.490 e. The Bertz CT molecular complexity index is 721. The molecule has 1 atom stereocenters. The molecule has 1 N–H and O–H groups in total. The first-order valence-electron chi connectivity index (χ1n) is 10.3. The number of carboxylic acids is 1. The predicted octanol–water partition coefficient (Wildman–Crippen LogP) is 3.54. The van der Waals surface area contributed by atoms with E-state index in [-0.39, 0.29) is 11.5 Å². The summed E-state index contributed by atoms with van der Waals surface area (Å²) < 4.78 is 43.5. The van der Waals surface area contributed by atoms with Crippen LogP contribution in [0.3, 0.4) is 0 Å². The molecule has 3 heterocycles. The Morgan fingerprint density at radius 2 is 2.03 bits per heavy atom. The van der Waals surface area contributed by atoms with Gasteiger partial charge in [-0.2, -0.15) is 13.2 Å². The highest BCUT2D eigenvalue weighted by Crippen LogP contribution is 2.42. The van der Waals surface area contributed by atoms with E-state index in [4.69, 9.17) is 19.4 Å². The highest BCUT2D eigenvalue weighted by Gasteiger charge is 2.53. The summed E-state index contributed by atoms with van der Waals surface area (Å²) >= 11 is 0. The average Bonchev–Trinajstić information content (AvgIpc) is 3.09. The number of alkyl halides is 3. The number of carboxylic acid groups (broad SMARTS) is 1. The Morgan fingerprint density at radius 3 is 2.58 bits per heavy atom. The Hall–Kier alpha value is -2.36. The van der Waals surface area contributed by atoms with E-state index >= 15 is 0 Å². The Labute approximate surface area is 179 Å². The molecule has 0 saturated carbocycles. The van der Waals surface area contributed by atoms with Gasteiger partial charge in [-0.1, -0.05) is 19.9 Å². The van der Waals surface area contributed by atoms with Crippen LogP contribution in [0, 0.1) is 11.8 Å². The second kappa shape index (κ2) is 10.8. The zero-order chi connectivity index (χ0) is 23.1. The highest BCUT2D eigenvalue weighted by atomic mass is 19.4. The fourth-order valence-electron chi connectivity index (χ4n) is 3.63. The van der Waals surface area contributed by atoms with Crippen molar-refractivity contribution in [3.8, 4) is 5.88 Å². The van der Waals surface area contributed by atoms with Crippen molar-refractivity contribution in [1.82, 2.24) is 9.88 Å². The van der Waals surface area contributed by atoms with Crippen LogP contribution in [-0.2, 0) is 14.3 Å². The number of aliphatic carboxylic acids is 1. The first-order valence-corrected chi connectivity index (χ1v) is 10.3. The van der Waals surface area contributed by atoms with E-state index in [0.29, 0.717) is 30.7 Å². The van der Waals surface area contributed by atoms with Gasteiger partial charge in [0.05, 0.1) is 19.7 Å². The third-order valence-corrected chi connectivity index (χ3v) is 5.40. The molecule has 1 aromatic heterocycles. The van der Waals surface area contributed by atoms with Crippen LogP contribution in [0.4, 0.5) is 13.2 Å². The summed E-state index contributed by atoms with van der Waals surface area (Å²) in [5.74, 6) is -0.774. The van der Waals surface area contributed by atoms with Gasteiger partial charge in [-0.05, 0) is 37.2 Å². The molecule has 2 aliphatic heterocycles. The zero-order valence-electron chi connectivity index (χ0n) is 17.7. The predicted molar refractivity (Wildman–Crippen MR) is 105 cm³/mol. The van der Waals surface area contributed by atoms with Gasteiger partial charge in [0.1, 0.15) is 5.60 Å². The third-order valence-electron chi connectivity index (χ3n) is 5.40. The van der Waals surface area contributed by atoms with Crippen LogP contribution in [0.5, 0.6) is 5.88 Å². The number of hydrogen-bond acceptors (Lipinski definition) is 5. The lowest BCUT2D eigenvalue weighted by molar-refractivity contribution is -0.192. The number of halogens is 3. The van der Waals surface area contributed by atoms with Crippen molar-refractivity contribution in [3.63, 3.8) is 0 Å². The van der Waals surface area contributed by atoms with E-state index in [1.807, 2.05) is 23.1 Å². The number of hydrogen-bond donors (Lipinski definition) is 1. The van der Waals surface area contributed by atoms with Crippen LogP contribution in [0.15, 0.2) is 24.4 Å². The number of ether oxygens (including phenoxy) is 2. The fraction of sp³-hybridized carbons (Fsp3) is 0.667. The second-order valence-corrected chi connectivity index (χ2v) is 8.19. The lowest BCUT2D eigenvalue weighted by atomic mass is 9.79. The van der Waals surface area contributed by atoms with Crippen molar-refractivity contribution < 1.29 is 37.3 Å². The van der Waals surface area contributed by atoms with Crippen LogP contribution in [0.1, 0.15) is 39.5 Å². The third kappa shape index (κ3) is 7.37. The molecule has 1 spiro atoms. The number of likely N-dealkylation sites (tertiary alicyclic amines) is 1. The molecular weight excluding hydrogens is 417 g/mol. The van der Waals surface area contributed by atoms with E-state index in [9.17, 15) is 18.0 Å². The first kappa shape index (κ1) is 24.9. The quantitative estimate of drug-likeness (QED) is 0.689. The van der Waals surface area contributed by atoms with E-state index in [2.05, 4.69) is 18.8 Å². The number of nitrogens with zero attached hydrogens (tertiary/aromatic N) is 2. The zero-order valence-corrected chi connectivity index (χ0v) is 17.7. The average molecular weight is 446 g/mol. The van der Waals surface area contributed by atoms with E-state index in [1.165, 1.54) is 0 Å². The van der Waals surface area contributed by atoms with E-state index in [1.54, 1.807) is 6.20 Å². The number of amides is 1. The summed E-state index contributed by atoms with van der Waals surface area (Å²) in [4.78, 5) is 27.2. The Kier molecular flexibility index (Phi) is 8.67. The summed E-state index contributed by atoms with van der Waals surface area (Å²) in [6.45, 7) is 7.25. The molecular formula is C21H29F3N2O5. The van der Waals surface area contributed by atoms with Crippen molar-refractivity contribution in [2.45, 2.75) is 51.3 Å². The minimum atomic E-state index is -5.08. The largest absolute Gasteiger partial charge is 0.490 e. The molecule has 0 bridgehead atoms. The molecule has 3 rings (SSSR count). The molecule has 2 fully saturated rings. The number of rotatable bonds is 7. The van der Waals surface area contributed by atoms with Gasteiger partial charge in [-0.25, -0.2) is 9.78 Å². The molecule has 7 nitrogen and oxygen atoms in total. The van der Waals surface area contributed by atoms with Crippen molar-refractivity contribution >= 4 is 11.9 Å². The SMILES string of the molecule is CC(C)CCC(=O)N1CC2(C1)OCCC2CCOc1ccccn1.O=C(O)C(F)(F)F. The molecule has 0 aromatic carbocycles. The molecule has 1 amide bonds. The molecule has 0 radical (unpaired) electrons. The molecule has 2 saturated heterocycles. The summed E-state index contributed by atoms with van der Waals surface area (Å²) in [7, 11) is 0. The Morgan fingerprint density at radius 1 is 1.35 bits per heavy atom. The summed E-state index contributed by atoms with van der Waals surface area (Å²) in [6.07, 6.45) is 0.276. The minimum absolute atomic E-state index is 0.124. The van der Waals surface area contributed by atoms with Gasteiger partial charge in [0.15, 0.2) is 0 Å². The molecule has 174 valence electrons. The van der Waals surface area contributed by atoms with Gasteiger partial charge in [0.25, 0.3) is 0 Å². The lowest BCUT2D eigenvalue weighted by Crippen LogP contribution is -2.66. The Balaban J connectivity index is 0.000000423. The molecule has 31 heavy (non-hydrogen) atoms. The minimum Gasteiger partial charge on any atom is -0.478 e. The van der Waals surface area contributed by atoms with Gasteiger partial charge in [-0.15, -0.1) is 0 Å². The van der Waals surface area contributed by atoms with Crippen LogP contribution in [-0.4, -0.2) is 64.9 Å². The van der Waals surface area contributed by atoms with E-state index in [0.717, 1.165) is 39.0 Å². The highest BCUT2D eigenvalue weighted by molar-refractivity contribution is 5.77. The van der Waals surface area contributed by atoms with Gasteiger partial charge < -0.3 is 19.5 Å². The summed E-state index contributed by atoms with van der Waals surface area (Å²) in [5, 5.41) is 7.12. The standard InChI is InChI=1S/C19H28N2O3.C2HF3O2/c1-15(2)6-7-18(22)21-13-19(14-21)16(9-12-24-19)8-11-23-17-5-3-4-10-20-17;3-2(4,5)1(6)7/h3-5,10,15-16H,6-9,11-14H2,1-2H3;(H,6,7). The van der Waals surface area contributed by atoms with Gasteiger partial charge >= 0.3 is 12.1 Å². The second-order valence-electron chi connectivity index (χ2n) is 8.19. The van der Waals surface area contributed by atoms with Crippen LogP contribution in [0.2, 0.25) is 0 Å². The van der Waals surface area contributed by atoms with E-state index < -0.39 is 12.1 Å². The molecule has 2 aliphatic rings. The monoisotopic (exact) mass is 446 g/mol. The molecule has 0 aliphatic carbocycles. The van der Waals surface area contributed by atoms with Crippen molar-refractivity contribution in [2.75, 3.05) is 26.3 Å². The van der Waals surface area contributed by atoms with Crippen molar-refractivity contribution in [3.05, 3.63) is 24.4 Å². The molecule has 10 heteroatoms. The molecule has 1 unspecified atom stereocenters. The number of carbonyl (C=O) groups excluding carboxylic acids is 1. The lowest BCUT2D eigenvalue weighted by Gasteiger charge is -2.50. The number of aromatic nitrogens is 1. The summed E-state index contributed by atoms with van der Waals surface area (Å²) in [6, 6.07) is 5.68. The molecule has 1 aromatic rings. The van der Waals surface area contributed by atoms with Crippen LogP contribution < -0.4 is 4.74 Å². The smallest absolute Gasteiger partial charge is 0.478 e. The first-order chi connectivity index (χ1) is 14.5. The van der Waals surface area contributed by atoms with Crippen molar-refractivity contribution in [1.29, 1.82) is 0 Å². The number of pyridine rings is 1. The fourth-order valence-corrected chi connectivity index (χ4v) is 3.63. The van der Waals surface area contributed by atoms with Gasteiger partial charge in [-0.3, -0.25) is 4.79 Å². The van der Waals surface area contributed by atoms with Gasteiger partial charge in [0.2, 0.25) is 11.8 Å². The maximum absolute atomic E-state index is 12.2.